The maximum absolute atomic E-state index is 4.64. The first-order valence-electron chi connectivity index (χ1n) is 6.65. The minimum Gasteiger partial charge on any atom is -0.280 e. The summed E-state index contributed by atoms with van der Waals surface area (Å²) in [6.07, 6.45) is 0. The minimum absolute atomic E-state index is 0.364. The third-order valence-corrected chi connectivity index (χ3v) is 5.82. The highest BCUT2D eigenvalue weighted by Gasteiger charge is 2.20. The molecule has 6 nitrogen and oxygen atoms in total. The molecule has 0 radical (unpaired) electrons. The highest BCUT2D eigenvalue weighted by atomic mass is 79.9. The Balaban J connectivity index is 1.84. The van der Waals surface area contributed by atoms with Crippen LogP contribution in [-0.2, 0) is 0 Å². The lowest BCUT2D eigenvalue weighted by Gasteiger charge is -2.00. The molecule has 4 rings (SSSR count). The lowest BCUT2D eigenvalue weighted by Crippen LogP contribution is -1.89. The van der Waals surface area contributed by atoms with E-state index in [-0.39, 0.29) is 0 Å². The van der Waals surface area contributed by atoms with Gasteiger partial charge in [0, 0.05) is 0 Å². The van der Waals surface area contributed by atoms with Crippen LogP contribution in [0.4, 0.5) is 0 Å². The van der Waals surface area contributed by atoms with Crippen molar-refractivity contribution in [2.24, 2.45) is 0 Å². The van der Waals surface area contributed by atoms with E-state index in [0.717, 1.165) is 36.5 Å². The summed E-state index contributed by atoms with van der Waals surface area (Å²) in [6.45, 7) is 4.24. The molecule has 4 heterocycles. The van der Waals surface area contributed by atoms with Gasteiger partial charge in [0.15, 0.2) is 10.8 Å². The third kappa shape index (κ3) is 2.11. The Morgan fingerprint density at radius 1 is 1.32 bits per heavy atom. The standard InChI is InChI=1S/C13H11BrN6S2/c1-6(2)9-8(14)10(16-15-9)12-19-20-11(7-4-3-5-21-7)17-18-13(20)22-12/h3-6H,1-2H3,(H,15,16). The number of H-pyrrole nitrogens is 1. The van der Waals surface area contributed by atoms with Gasteiger partial charge in [0.2, 0.25) is 4.96 Å². The zero-order valence-corrected chi connectivity index (χ0v) is 15.0. The summed E-state index contributed by atoms with van der Waals surface area (Å²) in [6, 6.07) is 4.01. The van der Waals surface area contributed by atoms with E-state index < -0.39 is 0 Å². The molecule has 0 unspecified atom stereocenters. The molecule has 0 aliphatic rings. The van der Waals surface area contributed by atoms with Gasteiger partial charge in [-0.1, -0.05) is 31.3 Å². The molecule has 0 fully saturated rings. The summed E-state index contributed by atoms with van der Waals surface area (Å²) in [5.41, 5.74) is 1.88. The molecular weight excluding hydrogens is 384 g/mol. The summed E-state index contributed by atoms with van der Waals surface area (Å²) in [5, 5.41) is 23.4. The molecule has 22 heavy (non-hydrogen) atoms. The Hall–Kier alpha value is -1.58. The Morgan fingerprint density at radius 3 is 2.86 bits per heavy atom. The number of hydrogen-bond donors (Lipinski definition) is 1. The molecule has 1 N–H and O–H groups in total. The van der Waals surface area contributed by atoms with Gasteiger partial charge in [0.1, 0.15) is 5.69 Å². The van der Waals surface area contributed by atoms with Crippen LogP contribution < -0.4 is 0 Å². The Labute approximate surface area is 142 Å². The van der Waals surface area contributed by atoms with Crippen molar-refractivity contribution in [1.82, 2.24) is 30.0 Å². The molecular formula is C13H11BrN6S2. The molecule has 4 aromatic rings. The predicted octanol–water partition coefficient (Wildman–Crippen LogP) is 4.19. The molecule has 0 aromatic carbocycles. The lowest BCUT2D eigenvalue weighted by molar-refractivity contribution is 0.807. The normalized spacial score (nSPS) is 11.8. The van der Waals surface area contributed by atoms with Crippen molar-refractivity contribution >= 4 is 43.6 Å². The van der Waals surface area contributed by atoms with E-state index in [2.05, 4.69) is 55.3 Å². The van der Waals surface area contributed by atoms with Gasteiger partial charge in [0.25, 0.3) is 0 Å². The Bertz CT molecular complexity index is 933. The molecule has 0 atom stereocenters. The second kappa shape index (κ2) is 5.25. The molecule has 112 valence electrons. The van der Waals surface area contributed by atoms with Crippen molar-refractivity contribution in [3.63, 3.8) is 0 Å². The van der Waals surface area contributed by atoms with Crippen LogP contribution >= 0.6 is 38.6 Å². The fourth-order valence-corrected chi connectivity index (χ4v) is 4.62. The van der Waals surface area contributed by atoms with Gasteiger partial charge in [-0.2, -0.15) is 14.7 Å². The van der Waals surface area contributed by atoms with Gasteiger partial charge in [-0.25, -0.2) is 0 Å². The van der Waals surface area contributed by atoms with Crippen molar-refractivity contribution in [1.29, 1.82) is 0 Å². The molecule has 9 heteroatoms. The van der Waals surface area contributed by atoms with E-state index in [0.29, 0.717) is 5.92 Å². The highest BCUT2D eigenvalue weighted by Crippen LogP contribution is 2.35. The lowest BCUT2D eigenvalue weighted by atomic mass is 10.1. The summed E-state index contributed by atoms with van der Waals surface area (Å²) < 4.78 is 2.74. The number of hydrogen-bond acceptors (Lipinski definition) is 6. The van der Waals surface area contributed by atoms with E-state index >= 15 is 0 Å². The maximum Gasteiger partial charge on any atom is 0.235 e. The quantitative estimate of drug-likeness (QED) is 0.565. The first-order chi connectivity index (χ1) is 10.6. The van der Waals surface area contributed by atoms with Crippen LogP contribution in [0.25, 0.3) is 26.4 Å². The number of nitrogens with one attached hydrogen (secondary N) is 1. The van der Waals surface area contributed by atoms with E-state index in [1.54, 1.807) is 15.9 Å². The van der Waals surface area contributed by atoms with Crippen LogP contribution in [0.1, 0.15) is 25.5 Å². The number of rotatable bonds is 3. The molecule has 0 saturated heterocycles. The van der Waals surface area contributed by atoms with Crippen molar-refractivity contribution in [3.8, 4) is 21.4 Å². The molecule has 0 aliphatic heterocycles. The second-order valence-electron chi connectivity index (χ2n) is 5.06. The molecule has 0 bridgehead atoms. The topological polar surface area (TPSA) is 71.8 Å². The zero-order valence-electron chi connectivity index (χ0n) is 11.7. The molecule has 0 aliphatic carbocycles. The summed E-state index contributed by atoms with van der Waals surface area (Å²) in [7, 11) is 0. The first-order valence-corrected chi connectivity index (χ1v) is 9.14. The van der Waals surface area contributed by atoms with Crippen molar-refractivity contribution < 1.29 is 0 Å². The van der Waals surface area contributed by atoms with Crippen LogP contribution in [0.5, 0.6) is 0 Å². The monoisotopic (exact) mass is 394 g/mol. The van der Waals surface area contributed by atoms with Gasteiger partial charge in [0.05, 0.1) is 15.0 Å². The molecule has 4 aromatic heterocycles. The fourth-order valence-electron chi connectivity index (χ4n) is 2.14. The smallest absolute Gasteiger partial charge is 0.235 e. The highest BCUT2D eigenvalue weighted by molar-refractivity contribution is 9.10. The Kier molecular flexibility index (Phi) is 3.35. The van der Waals surface area contributed by atoms with Gasteiger partial charge in [-0.15, -0.1) is 21.5 Å². The van der Waals surface area contributed by atoms with Gasteiger partial charge < -0.3 is 0 Å². The zero-order chi connectivity index (χ0) is 15.3. The van der Waals surface area contributed by atoms with Crippen LogP contribution in [-0.4, -0.2) is 30.0 Å². The van der Waals surface area contributed by atoms with Crippen LogP contribution in [0, 0.1) is 0 Å². The number of halogens is 1. The average molecular weight is 395 g/mol. The number of nitrogens with zero attached hydrogens (tertiary/aromatic N) is 5. The SMILES string of the molecule is CC(C)c1[nH]nc(-c2nn3c(-c4cccs4)nnc3s2)c1Br. The molecule has 0 spiro atoms. The fraction of sp³-hybridized carbons (Fsp3) is 0.231. The van der Waals surface area contributed by atoms with Crippen molar-refractivity contribution in [3.05, 3.63) is 27.7 Å². The summed E-state index contributed by atoms with van der Waals surface area (Å²) in [5.74, 6) is 1.13. The molecule has 0 amide bonds. The minimum atomic E-state index is 0.364. The van der Waals surface area contributed by atoms with Gasteiger partial charge in [-0.05, 0) is 33.3 Å². The number of aromatic nitrogens is 6. The number of aromatic amines is 1. The van der Waals surface area contributed by atoms with Crippen LogP contribution in [0.3, 0.4) is 0 Å². The van der Waals surface area contributed by atoms with Crippen molar-refractivity contribution in [2.45, 2.75) is 19.8 Å². The summed E-state index contributed by atoms with van der Waals surface area (Å²) >= 11 is 6.72. The van der Waals surface area contributed by atoms with E-state index in [4.69, 9.17) is 0 Å². The van der Waals surface area contributed by atoms with Gasteiger partial charge in [-0.3, -0.25) is 5.10 Å². The predicted molar refractivity (Wildman–Crippen MR) is 91.3 cm³/mol. The van der Waals surface area contributed by atoms with E-state index in [1.807, 2.05) is 17.5 Å². The number of thiophene rings is 1. The average Bonchev–Trinajstić information content (AvgIpc) is 3.20. The third-order valence-electron chi connectivity index (χ3n) is 3.24. The first kappa shape index (κ1) is 14.0. The second-order valence-corrected chi connectivity index (χ2v) is 7.75. The van der Waals surface area contributed by atoms with Crippen LogP contribution in [0.2, 0.25) is 0 Å². The van der Waals surface area contributed by atoms with E-state index in [1.165, 1.54) is 11.3 Å². The van der Waals surface area contributed by atoms with Gasteiger partial charge >= 0.3 is 0 Å². The molecule has 0 saturated carbocycles. The maximum atomic E-state index is 4.64. The Morgan fingerprint density at radius 2 is 2.18 bits per heavy atom. The van der Waals surface area contributed by atoms with Crippen LogP contribution in [0.15, 0.2) is 22.0 Å². The summed E-state index contributed by atoms with van der Waals surface area (Å²) in [4.78, 5) is 1.81. The van der Waals surface area contributed by atoms with E-state index in [9.17, 15) is 0 Å². The van der Waals surface area contributed by atoms with Crippen molar-refractivity contribution in [2.75, 3.05) is 0 Å². The largest absolute Gasteiger partial charge is 0.280 e. The number of fused-ring (bicyclic) bond motifs is 1.